The van der Waals surface area contributed by atoms with Crippen LogP contribution >= 0.6 is 11.6 Å². The van der Waals surface area contributed by atoms with Gasteiger partial charge in [-0.3, -0.25) is 0 Å². The lowest BCUT2D eigenvalue weighted by Crippen LogP contribution is -2.37. The van der Waals surface area contributed by atoms with E-state index in [0.29, 0.717) is 11.3 Å². The number of benzene rings is 1. The average Bonchev–Trinajstić information content (AvgIpc) is 2.27. The normalized spacial score (nSPS) is 17.4. The number of aliphatic hydroxyl groups excluding tert-OH is 1. The molecule has 6 heteroatoms. The van der Waals surface area contributed by atoms with Crippen LogP contribution in [0.4, 0.5) is 5.69 Å². The summed E-state index contributed by atoms with van der Waals surface area (Å²) >= 11 is 5.99. The van der Waals surface area contributed by atoms with Crippen LogP contribution in [0.3, 0.4) is 0 Å². The molecule has 1 aromatic rings. The van der Waals surface area contributed by atoms with Crippen molar-refractivity contribution in [1.29, 1.82) is 0 Å². The Kier molecular flexibility index (Phi) is 4.06. The van der Waals surface area contributed by atoms with Crippen molar-refractivity contribution in [3.05, 3.63) is 29.8 Å². The van der Waals surface area contributed by atoms with E-state index in [0.717, 1.165) is 0 Å². The monoisotopic (exact) mass is 277 g/mol. The summed E-state index contributed by atoms with van der Waals surface area (Å²) in [7, 11) is -3.58. The van der Waals surface area contributed by atoms with Gasteiger partial charge in [0.05, 0.1) is 0 Å². The first-order chi connectivity index (χ1) is 7.72. The van der Waals surface area contributed by atoms with E-state index in [4.69, 9.17) is 17.3 Å². The fraction of sp³-hybridized carbons (Fsp3) is 0.455. The second kappa shape index (κ2) is 4.84. The molecule has 96 valence electrons. The number of hydrogen-bond donors (Lipinski definition) is 2. The van der Waals surface area contributed by atoms with Crippen LogP contribution in [-0.4, -0.2) is 23.5 Å². The van der Waals surface area contributed by atoms with Crippen LogP contribution in [0.5, 0.6) is 0 Å². The molecular weight excluding hydrogens is 262 g/mol. The Morgan fingerprint density at radius 2 is 2.12 bits per heavy atom. The minimum atomic E-state index is -3.58. The van der Waals surface area contributed by atoms with Gasteiger partial charge in [0.15, 0.2) is 14.0 Å². The summed E-state index contributed by atoms with van der Waals surface area (Å²) in [5.41, 5.74) is 6.41. The first-order valence-corrected chi connectivity index (χ1v) is 7.20. The maximum Gasteiger partial charge on any atom is 0.172 e. The highest BCUT2D eigenvalue weighted by Gasteiger charge is 2.43. The number of alkyl halides is 1. The van der Waals surface area contributed by atoms with Gasteiger partial charge < -0.3 is 10.8 Å². The first kappa shape index (κ1) is 14.3. The summed E-state index contributed by atoms with van der Waals surface area (Å²) in [5.74, 6) is -0.133. The molecule has 4 nitrogen and oxygen atoms in total. The molecular formula is C11H16ClNO3S. The maximum atomic E-state index is 11.8. The van der Waals surface area contributed by atoms with E-state index in [1.807, 2.05) is 0 Å². The smallest absolute Gasteiger partial charge is 0.172 e. The molecule has 0 aliphatic rings. The Labute approximate surface area is 106 Å². The third-order valence-corrected chi connectivity index (χ3v) is 5.81. The van der Waals surface area contributed by atoms with Crippen molar-refractivity contribution in [2.75, 3.05) is 11.5 Å². The highest BCUT2D eigenvalue weighted by Crippen LogP contribution is 2.37. The number of anilines is 1. The Bertz CT molecular complexity index is 499. The van der Waals surface area contributed by atoms with Crippen molar-refractivity contribution >= 4 is 27.1 Å². The van der Waals surface area contributed by atoms with Gasteiger partial charge in [-0.1, -0.05) is 30.7 Å². The van der Waals surface area contributed by atoms with E-state index in [9.17, 15) is 13.5 Å². The minimum absolute atomic E-state index is 0.133. The number of sulfone groups is 1. The van der Waals surface area contributed by atoms with Crippen molar-refractivity contribution in [2.45, 2.75) is 24.2 Å². The summed E-state index contributed by atoms with van der Waals surface area (Å²) in [6.45, 7) is 2.78. The quantitative estimate of drug-likeness (QED) is 0.648. The van der Waals surface area contributed by atoms with Crippen molar-refractivity contribution in [2.24, 2.45) is 0 Å². The average molecular weight is 278 g/mol. The molecule has 0 bridgehead atoms. The fourth-order valence-electron chi connectivity index (χ4n) is 1.48. The zero-order valence-electron chi connectivity index (χ0n) is 9.72. The van der Waals surface area contributed by atoms with E-state index in [-0.39, 0.29) is 5.75 Å². The highest BCUT2D eigenvalue weighted by molar-refractivity contribution is 7.94. The molecule has 3 N–H and O–H groups in total. The summed E-state index contributed by atoms with van der Waals surface area (Å²) in [6, 6.07) is 6.39. The molecule has 0 radical (unpaired) electrons. The summed E-state index contributed by atoms with van der Waals surface area (Å²) in [6.07, 6.45) is -1.32. The SMILES string of the molecule is CCS(=O)(=O)[C@@](C)(Cl)[C@H](O)c1cccc(N)c1. The Hall–Kier alpha value is -0.780. The van der Waals surface area contributed by atoms with Gasteiger partial charge in [0, 0.05) is 11.4 Å². The molecule has 1 rings (SSSR count). The second-order valence-electron chi connectivity index (χ2n) is 3.96. The number of aliphatic hydroxyl groups is 1. The van der Waals surface area contributed by atoms with Gasteiger partial charge in [0.1, 0.15) is 6.10 Å². The van der Waals surface area contributed by atoms with E-state index in [1.165, 1.54) is 19.9 Å². The standard InChI is InChI=1S/C11H16ClNO3S/c1-3-17(15,16)11(2,12)10(14)8-5-4-6-9(13)7-8/h4-7,10,14H,3,13H2,1-2H3/t10-,11-/m1/s1. The highest BCUT2D eigenvalue weighted by atomic mass is 35.5. The predicted molar refractivity (Wildman–Crippen MR) is 69.5 cm³/mol. The van der Waals surface area contributed by atoms with Gasteiger partial charge in [-0.25, -0.2) is 8.42 Å². The number of nitrogen functional groups attached to an aromatic ring is 1. The summed E-state index contributed by atoms with van der Waals surface area (Å²) in [4.78, 5) is 0. The molecule has 0 aliphatic carbocycles. The van der Waals surface area contributed by atoms with Crippen LogP contribution in [0.25, 0.3) is 0 Å². The van der Waals surface area contributed by atoms with Crippen LogP contribution in [0.2, 0.25) is 0 Å². The Morgan fingerprint density at radius 1 is 1.53 bits per heavy atom. The van der Waals surface area contributed by atoms with Gasteiger partial charge in [0.2, 0.25) is 0 Å². The number of halogens is 1. The largest absolute Gasteiger partial charge is 0.399 e. The van der Waals surface area contributed by atoms with Crippen LogP contribution in [0.15, 0.2) is 24.3 Å². The predicted octanol–water partition coefficient (Wildman–Crippen LogP) is 1.69. The zero-order chi connectivity index (χ0) is 13.3. The third-order valence-electron chi connectivity index (χ3n) is 2.70. The number of nitrogens with two attached hydrogens (primary N) is 1. The van der Waals surface area contributed by atoms with Crippen molar-refractivity contribution in [3.8, 4) is 0 Å². The summed E-state index contributed by atoms with van der Waals surface area (Å²) < 4.78 is 21.8. The van der Waals surface area contributed by atoms with E-state index < -0.39 is 20.1 Å². The Morgan fingerprint density at radius 3 is 2.59 bits per heavy atom. The molecule has 0 unspecified atom stereocenters. The molecule has 17 heavy (non-hydrogen) atoms. The van der Waals surface area contributed by atoms with Crippen molar-refractivity contribution in [3.63, 3.8) is 0 Å². The fourth-order valence-corrected chi connectivity index (χ4v) is 2.97. The molecule has 1 aromatic carbocycles. The van der Waals surface area contributed by atoms with Gasteiger partial charge >= 0.3 is 0 Å². The van der Waals surface area contributed by atoms with Crippen LogP contribution in [0, 0.1) is 0 Å². The van der Waals surface area contributed by atoms with Crippen LogP contribution in [0.1, 0.15) is 25.5 Å². The van der Waals surface area contributed by atoms with E-state index in [2.05, 4.69) is 0 Å². The lowest BCUT2D eigenvalue weighted by atomic mass is 10.1. The molecule has 2 atom stereocenters. The minimum Gasteiger partial charge on any atom is -0.399 e. The van der Waals surface area contributed by atoms with Crippen molar-refractivity contribution in [1.82, 2.24) is 0 Å². The van der Waals surface area contributed by atoms with Gasteiger partial charge in [-0.05, 0) is 24.6 Å². The molecule has 0 saturated heterocycles. The summed E-state index contributed by atoms with van der Waals surface area (Å²) in [5, 5.41) is 10.1. The lowest BCUT2D eigenvalue weighted by molar-refractivity contribution is 0.162. The number of hydrogen-bond acceptors (Lipinski definition) is 4. The first-order valence-electron chi connectivity index (χ1n) is 5.17. The topological polar surface area (TPSA) is 80.4 Å². The van der Waals surface area contributed by atoms with Gasteiger partial charge in [-0.15, -0.1) is 0 Å². The van der Waals surface area contributed by atoms with E-state index in [1.54, 1.807) is 18.2 Å². The third kappa shape index (κ3) is 2.73. The Balaban J connectivity index is 3.17. The van der Waals surface area contributed by atoms with Gasteiger partial charge in [-0.2, -0.15) is 0 Å². The molecule has 0 saturated carbocycles. The van der Waals surface area contributed by atoms with Crippen LogP contribution in [-0.2, 0) is 9.84 Å². The molecule has 0 aliphatic heterocycles. The molecule has 0 aromatic heterocycles. The van der Waals surface area contributed by atoms with Crippen LogP contribution < -0.4 is 5.73 Å². The molecule has 0 spiro atoms. The molecule has 0 heterocycles. The van der Waals surface area contributed by atoms with Gasteiger partial charge in [0.25, 0.3) is 0 Å². The number of rotatable bonds is 4. The second-order valence-corrected chi connectivity index (χ2v) is 7.63. The lowest BCUT2D eigenvalue weighted by Gasteiger charge is -2.27. The molecule has 0 fully saturated rings. The molecule has 0 amide bonds. The maximum absolute atomic E-state index is 11.8. The van der Waals surface area contributed by atoms with E-state index >= 15 is 0 Å². The zero-order valence-corrected chi connectivity index (χ0v) is 11.3. The van der Waals surface area contributed by atoms with Crippen molar-refractivity contribution < 1.29 is 13.5 Å².